The van der Waals surface area contributed by atoms with Gasteiger partial charge >= 0.3 is 0 Å². The summed E-state index contributed by atoms with van der Waals surface area (Å²) in [5.41, 5.74) is 2.46. The van der Waals surface area contributed by atoms with E-state index in [4.69, 9.17) is 10.00 Å². The maximum Gasteiger partial charge on any atom is 0.272 e. The average Bonchev–Trinajstić information content (AvgIpc) is 3.37. The zero-order valence-corrected chi connectivity index (χ0v) is 16.3. The highest BCUT2D eigenvalue weighted by Crippen LogP contribution is 2.25. The van der Waals surface area contributed by atoms with Crippen molar-refractivity contribution in [1.82, 2.24) is 25.3 Å². The van der Waals surface area contributed by atoms with Crippen molar-refractivity contribution < 1.29 is 14.3 Å². The van der Waals surface area contributed by atoms with Crippen molar-refractivity contribution in [1.29, 1.82) is 5.26 Å². The Morgan fingerprint density at radius 3 is 2.79 bits per heavy atom. The Balaban J connectivity index is 1.65. The van der Waals surface area contributed by atoms with E-state index in [1.807, 2.05) is 25.3 Å². The largest absolute Gasteiger partial charge is 0.495 e. The summed E-state index contributed by atoms with van der Waals surface area (Å²) in [4.78, 5) is 23.6. The van der Waals surface area contributed by atoms with Crippen LogP contribution in [0.3, 0.4) is 0 Å². The molecule has 3 aromatic rings. The van der Waals surface area contributed by atoms with Gasteiger partial charge in [0.25, 0.3) is 5.91 Å². The summed E-state index contributed by atoms with van der Waals surface area (Å²) in [6, 6.07) is 10.4. The first-order valence-corrected chi connectivity index (χ1v) is 8.90. The SMILES string of the molecule is COc1cc(-c2ccn(C[C@H](C)NC(=O)c3cc(C(C)=O)[nH]n3)n2)ccc1C#N. The lowest BCUT2D eigenvalue weighted by molar-refractivity contribution is 0.0930. The van der Waals surface area contributed by atoms with Gasteiger partial charge in [-0.2, -0.15) is 15.5 Å². The Hall–Kier alpha value is -3.93. The maximum absolute atomic E-state index is 12.3. The van der Waals surface area contributed by atoms with E-state index in [1.54, 1.807) is 16.8 Å². The van der Waals surface area contributed by atoms with Crippen molar-refractivity contribution >= 4 is 11.7 Å². The molecule has 2 aromatic heterocycles. The van der Waals surface area contributed by atoms with Gasteiger partial charge in [0.05, 0.1) is 24.9 Å². The first-order valence-electron chi connectivity index (χ1n) is 8.90. The monoisotopic (exact) mass is 392 g/mol. The summed E-state index contributed by atoms with van der Waals surface area (Å²) in [7, 11) is 1.52. The number of ether oxygens (including phenoxy) is 1. The summed E-state index contributed by atoms with van der Waals surface area (Å²) in [5.74, 6) is -0.0670. The molecule has 3 rings (SSSR count). The molecule has 0 aliphatic rings. The van der Waals surface area contributed by atoms with Crippen molar-refractivity contribution in [2.45, 2.75) is 26.4 Å². The molecular formula is C20H20N6O3. The van der Waals surface area contributed by atoms with Crippen molar-refractivity contribution in [2.24, 2.45) is 0 Å². The number of rotatable bonds is 7. The number of carbonyl (C=O) groups is 2. The molecule has 1 atom stereocenters. The fraction of sp³-hybridized carbons (Fsp3) is 0.250. The van der Waals surface area contributed by atoms with Gasteiger partial charge in [-0.15, -0.1) is 0 Å². The molecule has 9 heteroatoms. The minimum atomic E-state index is -0.370. The van der Waals surface area contributed by atoms with Gasteiger partial charge in [0.1, 0.15) is 17.5 Å². The quantitative estimate of drug-likeness (QED) is 0.594. The molecule has 148 valence electrons. The van der Waals surface area contributed by atoms with E-state index in [0.29, 0.717) is 17.9 Å². The van der Waals surface area contributed by atoms with Crippen LogP contribution in [0.5, 0.6) is 5.75 Å². The predicted molar refractivity (Wildman–Crippen MR) is 104 cm³/mol. The molecular weight excluding hydrogens is 372 g/mol. The van der Waals surface area contributed by atoms with Gasteiger partial charge in [-0.1, -0.05) is 6.07 Å². The number of aromatic amines is 1. The van der Waals surface area contributed by atoms with Crippen LogP contribution in [0.15, 0.2) is 36.5 Å². The number of nitriles is 1. The fourth-order valence-electron chi connectivity index (χ4n) is 2.80. The van der Waals surface area contributed by atoms with Crippen molar-refractivity contribution in [3.63, 3.8) is 0 Å². The number of carbonyl (C=O) groups excluding carboxylic acids is 2. The summed E-state index contributed by atoms with van der Waals surface area (Å²) in [6.07, 6.45) is 1.81. The number of H-pyrrole nitrogens is 1. The second-order valence-corrected chi connectivity index (χ2v) is 6.55. The number of methoxy groups -OCH3 is 1. The zero-order chi connectivity index (χ0) is 21.0. The number of hydrogen-bond donors (Lipinski definition) is 2. The second-order valence-electron chi connectivity index (χ2n) is 6.55. The van der Waals surface area contributed by atoms with Gasteiger partial charge in [0, 0.05) is 24.7 Å². The number of benzene rings is 1. The normalized spacial score (nSPS) is 11.5. The van der Waals surface area contributed by atoms with Crippen LogP contribution in [0.2, 0.25) is 0 Å². The molecule has 0 aliphatic carbocycles. The van der Waals surface area contributed by atoms with Gasteiger partial charge in [-0.25, -0.2) is 0 Å². The molecule has 0 unspecified atom stereocenters. The minimum absolute atomic E-state index is 0.160. The van der Waals surface area contributed by atoms with Crippen LogP contribution in [0.4, 0.5) is 0 Å². The number of Topliss-reactive ketones (excluding diaryl/α,β-unsaturated/α-hetero) is 1. The third kappa shape index (κ3) is 4.50. The van der Waals surface area contributed by atoms with Gasteiger partial charge in [0.2, 0.25) is 0 Å². The average molecular weight is 392 g/mol. The Kier molecular flexibility index (Phi) is 5.74. The van der Waals surface area contributed by atoms with Gasteiger partial charge in [0.15, 0.2) is 11.5 Å². The third-order valence-electron chi connectivity index (χ3n) is 4.29. The molecule has 9 nitrogen and oxygen atoms in total. The smallest absolute Gasteiger partial charge is 0.272 e. The Morgan fingerprint density at radius 1 is 1.34 bits per heavy atom. The molecule has 0 bridgehead atoms. The van der Waals surface area contributed by atoms with Crippen LogP contribution >= 0.6 is 0 Å². The Morgan fingerprint density at radius 2 is 2.14 bits per heavy atom. The highest BCUT2D eigenvalue weighted by molar-refractivity contribution is 5.97. The Labute approximate surface area is 167 Å². The summed E-state index contributed by atoms with van der Waals surface area (Å²) in [6.45, 7) is 3.70. The van der Waals surface area contributed by atoms with Crippen LogP contribution in [0.25, 0.3) is 11.3 Å². The second kappa shape index (κ2) is 8.39. The molecule has 0 fully saturated rings. The van der Waals surface area contributed by atoms with Crippen molar-refractivity contribution in [3.05, 3.63) is 53.5 Å². The van der Waals surface area contributed by atoms with E-state index in [2.05, 4.69) is 26.7 Å². The van der Waals surface area contributed by atoms with E-state index in [-0.39, 0.29) is 29.1 Å². The highest BCUT2D eigenvalue weighted by Gasteiger charge is 2.16. The lowest BCUT2D eigenvalue weighted by atomic mass is 10.1. The minimum Gasteiger partial charge on any atom is -0.495 e. The first-order chi connectivity index (χ1) is 13.9. The topological polar surface area (TPSA) is 126 Å². The molecule has 0 aliphatic heterocycles. The van der Waals surface area contributed by atoms with E-state index in [9.17, 15) is 9.59 Å². The van der Waals surface area contributed by atoms with Crippen LogP contribution in [-0.4, -0.2) is 44.8 Å². The van der Waals surface area contributed by atoms with Crippen LogP contribution in [0.1, 0.15) is 40.4 Å². The van der Waals surface area contributed by atoms with Gasteiger partial charge in [-0.3, -0.25) is 19.4 Å². The first kappa shape index (κ1) is 19.8. The van der Waals surface area contributed by atoms with Gasteiger partial charge in [-0.05, 0) is 31.2 Å². The van der Waals surface area contributed by atoms with Crippen LogP contribution in [0, 0.1) is 11.3 Å². The third-order valence-corrected chi connectivity index (χ3v) is 4.29. The number of aromatic nitrogens is 4. The van der Waals surface area contributed by atoms with E-state index < -0.39 is 0 Å². The molecule has 0 saturated carbocycles. The summed E-state index contributed by atoms with van der Waals surface area (Å²) >= 11 is 0. The number of hydrogen-bond acceptors (Lipinski definition) is 6. The number of nitrogens with zero attached hydrogens (tertiary/aromatic N) is 4. The lowest BCUT2D eigenvalue weighted by Gasteiger charge is -2.13. The molecule has 2 N–H and O–H groups in total. The van der Waals surface area contributed by atoms with Crippen LogP contribution in [-0.2, 0) is 6.54 Å². The fourth-order valence-corrected chi connectivity index (χ4v) is 2.80. The number of ketones is 1. The van der Waals surface area contributed by atoms with E-state index in [1.165, 1.54) is 20.1 Å². The van der Waals surface area contributed by atoms with Crippen LogP contribution < -0.4 is 10.1 Å². The predicted octanol–water partition coefficient (Wildman–Crippen LogP) is 2.17. The highest BCUT2D eigenvalue weighted by atomic mass is 16.5. The van der Waals surface area contributed by atoms with E-state index >= 15 is 0 Å². The van der Waals surface area contributed by atoms with Crippen molar-refractivity contribution in [3.8, 4) is 23.1 Å². The summed E-state index contributed by atoms with van der Waals surface area (Å²) < 4.78 is 6.96. The summed E-state index contributed by atoms with van der Waals surface area (Å²) in [5, 5.41) is 22.8. The molecule has 0 radical (unpaired) electrons. The lowest BCUT2D eigenvalue weighted by Crippen LogP contribution is -2.36. The van der Waals surface area contributed by atoms with Gasteiger partial charge < -0.3 is 10.1 Å². The molecule has 2 heterocycles. The van der Waals surface area contributed by atoms with E-state index in [0.717, 1.165) is 11.3 Å². The molecule has 29 heavy (non-hydrogen) atoms. The maximum atomic E-state index is 12.3. The molecule has 1 amide bonds. The zero-order valence-electron chi connectivity index (χ0n) is 16.3. The standard InChI is InChI=1S/C20H20N6O3/c1-12(22-20(28)18-9-17(13(2)27)23-24-18)11-26-7-6-16(25-26)14-4-5-15(10-21)19(8-14)29-3/h4-9,12H,11H2,1-3H3,(H,22,28)(H,23,24)/t12-/m0/s1. The molecule has 1 aromatic carbocycles. The molecule has 0 spiro atoms. The number of amides is 1. The molecule has 0 saturated heterocycles. The van der Waals surface area contributed by atoms with Crippen molar-refractivity contribution in [2.75, 3.05) is 7.11 Å². The number of nitrogens with one attached hydrogen (secondary N) is 2. The Bertz CT molecular complexity index is 1090.